The number of non-ortho nitro benzene ring substituents is 1. The third kappa shape index (κ3) is 3.01. The lowest BCUT2D eigenvalue weighted by atomic mass is 10.3. The summed E-state index contributed by atoms with van der Waals surface area (Å²) in [5, 5.41) is 27.7. The van der Waals surface area contributed by atoms with Gasteiger partial charge in [0.1, 0.15) is 5.75 Å². The fourth-order valence-corrected chi connectivity index (χ4v) is 0.895. The fourth-order valence-electron chi connectivity index (χ4n) is 0.895. The lowest BCUT2D eigenvalue weighted by molar-refractivity contribution is -0.384. The van der Waals surface area contributed by atoms with Crippen molar-refractivity contribution >= 4 is 11.7 Å². The zero-order valence-corrected chi connectivity index (χ0v) is 8.07. The van der Waals surface area contributed by atoms with Crippen molar-refractivity contribution in [2.75, 3.05) is 6.61 Å². The minimum atomic E-state index is -1.62. The minimum Gasteiger partial charge on any atom is -0.425 e. The van der Waals surface area contributed by atoms with Crippen molar-refractivity contribution in [1.82, 2.24) is 0 Å². The van der Waals surface area contributed by atoms with Crippen LogP contribution in [0, 0.1) is 10.1 Å². The van der Waals surface area contributed by atoms with Crippen LogP contribution in [0.2, 0.25) is 0 Å². The maximum Gasteiger partial charge on any atom is 0.342 e. The molecule has 86 valence electrons. The summed E-state index contributed by atoms with van der Waals surface area (Å²) in [6.45, 7) is -0.744. The molecule has 0 aliphatic carbocycles. The Bertz CT molecular complexity index is 387. The third-order valence-electron chi connectivity index (χ3n) is 1.71. The van der Waals surface area contributed by atoms with Crippen LogP contribution < -0.4 is 4.74 Å². The van der Waals surface area contributed by atoms with E-state index in [1.54, 1.807) is 0 Å². The molecule has 0 bridgehead atoms. The Hall–Kier alpha value is -1.99. The van der Waals surface area contributed by atoms with E-state index in [1.807, 2.05) is 0 Å². The summed E-state index contributed by atoms with van der Waals surface area (Å²) in [4.78, 5) is 20.7. The van der Waals surface area contributed by atoms with Gasteiger partial charge in [-0.15, -0.1) is 0 Å². The van der Waals surface area contributed by atoms with Crippen molar-refractivity contribution in [1.29, 1.82) is 0 Å². The van der Waals surface area contributed by atoms with Crippen LogP contribution in [-0.2, 0) is 4.79 Å². The highest BCUT2D eigenvalue weighted by Gasteiger charge is 2.16. The molecule has 0 saturated heterocycles. The number of nitro benzene ring substituents is 1. The summed E-state index contributed by atoms with van der Waals surface area (Å²) in [6.07, 6.45) is -1.62. The normalized spacial score (nSPS) is 11.9. The number of hydrogen-bond acceptors (Lipinski definition) is 6. The van der Waals surface area contributed by atoms with Crippen LogP contribution in [0.1, 0.15) is 0 Å². The summed E-state index contributed by atoms with van der Waals surface area (Å²) in [7, 11) is 0. The first-order valence-corrected chi connectivity index (χ1v) is 4.29. The molecule has 0 fully saturated rings. The predicted molar refractivity (Wildman–Crippen MR) is 51.8 cm³/mol. The van der Waals surface area contributed by atoms with Crippen molar-refractivity contribution in [3.05, 3.63) is 34.4 Å². The van der Waals surface area contributed by atoms with E-state index in [0.29, 0.717) is 0 Å². The Morgan fingerprint density at radius 2 is 2.00 bits per heavy atom. The van der Waals surface area contributed by atoms with Crippen molar-refractivity contribution < 1.29 is 24.7 Å². The van der Waals surface area contributed by atoms with Gasteiger partial charge in [-0.25, -0.2) is 4.79 Å². The lowest BCUT2D eigenvalue weighted by Crippen LogP contribution is -2.28. The van der Waals surface area contributed by atoms with Crippen LogP contribution in [0.3, 0.4) is 0 Å². The number of esters is 1. The quantitative estimate of drug-likeness (QED) is 0.320. The lowest BCUT2D eigenvalue weighted by Gasteiger charge is -2.06. The van der Waals surface area contributed by atoms with Crippen molar-refractivity contribution in [3.8, 4) is 5.75 Å². The second-order valence-electron chi connectivity index (χ2n) is 2.87. The van der Waals surface area contributed by atoms with Gasteiger partial charge in [0.15, 0.2) is 6.10 Å². The number of aliphatic hydroxyl groups is 2. The predicted octanol–water partition coefficient (Wildman–Crippen LogP) is -0.147. The topological polar surface area (TPSA) is 110 Å². The molecule has 0 aliphatic rings. The van der Waals surface area contributed by atoms with E-state index in [0.717, 1.165) is 12.1 Å². The first-order valence-electron chi connectivity index (χ1n) is 4.29. The van der Waals surface area contributed by atoms with E-state index in [9.17, 15) is 14.9 Å². The average Bonchev–Trinajstić information content (AvgIpc) is 2.28. The highest BCUT2D eigenvalue weighted by atomic mass is 16.6. The zero-order chi connectivity index (χ0) is 12.1. The molecule has 0 radical (unpaired) electrons. The summed E-state index contributed by atoms with van der Waals surface area (Å²) in [5.41, 5.74) is -0.137. The molecule has 16 heavy (non-hydrogen) atoms. The Morgan fingerprint density at radius 3 is 2.44 bits per heavy atom. The number of hydrogen-bond donors (Lipinski definition) is 2. The molecule has 0 unspecified atom stereocenters. The van der Waals surface area contributed by atoms with Crippen LogP contribution in [-0.4, -0.2) is 33.8 Å². The summed E-state index contributed by atoms with van der Waals surface area (Å²) >= 11 is 0. The fraction of sp³-hybridized carbons (Fsp3) is 0.222. The van der Waals surface area contributed by atoms with Crippen LogP contribution in [0.15, 0.2) is 24.3 Å². The molecule has 7 nitrogen and oxygen atoms in total. The maximum absolute atomic E-state index is 11.0. The summed E-state index contributed by atoms with van der Waals surface area (Å²) < 4.78 is 4.63. The number of ether oxygens (including phenoxy) is 1. The van der Waals surface area contributed by atoms with E-state index in [4.69, 9.17) is 10.2 Å². The number of benzene rings is 1. The Balaban J connectivity index is 2.69. The molecule has 0 amide bonds. The molecule has 2 N–H and O–H groups in total. The van der Waals surface area contributed by atoms with Crippen molar-refractivity contribution in [2.45, 2.75) is 6.10 Å². The molecule has 0 spiro atoms. The number of nitrogens with zero attached hydrogens (tertiary/aromatic N) is 1. The second kappa shape index (κ2) is 5.19. The average molecular weight is 227 g/mol. The van der Waals surface area contributed by atoms with Gasteiger partial charge >= 0.3 is 5.97 Å². The SMILES string of the molecule is O=C(Oc1ccc([N+](=O)[O-])cc1)[C@H](O)CO. The van der Waals surface area contributed by atoms with Gasteiger partial charge in [0.2, 0.25) is 0 Å². The summed E-state index contributed by atoms with van der Waals surface area (Å²) in [6, 6.07) is 4.77. The van der Waals surface area contributed by atoms with Crippen LogP contribution in [0.25, 0.3) is 0 Å². The van der Waals surface area contributed by atoms with Gasteiger partial charge in [0.05, 0.1) is 11.5 Å². The number of aliphatic hydroxyl groups excluding tert-OH is 2. The molecular formula is C9H9NO6. The molecule has 0 aromatic heterocycles. The van der Waals surface area contributed by atoms with Gasteiger partial charge in [-0.2, -0.15) is 0 Å². The first kappa shape index (κ1) is 12.1. The van der Waals surface area contributed by atoms with E-state index in [-0.39, 0.29) is 11.4 Å². The molecule has 1 aromatic carbocycles. The molecule has 1 rings (SSSR count). The molecule has 0 aliphatic heterocycles. The largest absolute Gasteiger partial charge is 0.425 e. The van der Waals surface area contributed by atoms with Crippen molar-refractivity contribution in [3.63, 3.8) is 0 Å². The third-order valence-corrected chi connectivity index (χ3v) is 1.71. The Labute approximate surface area is 90.0 Å². The molecule has 7 heteroatoms. The van der Waals surface area contributed by atoms with Crippen LogP contribution in [0.4, 0.5) is 5.69 Å². The van der Waals surface area contributed by atoms with E-state index >= 15 is 0 Å². The highest BCUT2D eigenvalue weighted by Crippen LogP contribution is 2.17. The van der Waals surface area contributed by atoms with Crippen molar-refractivity contribution in [2.24, 2.45) is 0 Å². The van der Waals surface area contributed by atoms with Gasteiger partial charge < -0.3 is 14.9 Å². The minimum absolute atomic E-state index is 0.0584. The molecular weight excluding hydrogens is 218 g/mol. The number of carbonyl (C=O) groups is 1. The smallest absolute Gasteiger partial charge is 0.342 e. The van der Waals surface area contributed by atoms with Gasteiger partial charge in [0.25, 0.3) is 5.69 Å². The number of nitro groups is 1. The second-order valence-corrected chi connectivity index (χ2v) is 2.87. The van der Waals surface area contributed by atoms with Gasteiger partial charge in [-0.3, -0.25) is 10.1 Å². The standard InChI is InChI=1S/C9H9NO6/c11-5-8(12)9(13)16-7-3-1-6(2-4-7)10(14)15/h1-4,8,11-12H,5H2/t8-/m1/s1. The van der Waals surface area contributed by atoms with Crippen LogP contribution >= 0.6 is 0 Å². The molecule has 1 atom stereocenters. The molecule has 1 aromatic rings. The number of carbonyl (C=O) groups excluding carboxylic acids is 1. The summed E-state index contributed by atoms with van der Waals surface area (Å²) in [5.74, 6) is -0.959. The monoisotopic (exact) mass is 227 g/mol. The first-order chi connectivity index (χ1) is 7.54. The Kier molecular flexibility index (Phi) is 3.92. The Morgan fingerprint density at radius 1 is 1.44 bits per heavy atom. The van der Waals surface area contributed by atoms with Gasteiger partial charge in [-0.1, -0.05) is 0 Å². The van der Waals surface area contributed by atoms with Crippen LogP contribution in [0.5, 0.6) is 5.75 Å². The highest BCUT2D eigenvalue weighted by molar-refractivity contribution is 5.77. The van der Waals surface area contributed by atoms with Gasteiger partial charge in [-0.05, 0) is 12.1 Å². The van der Waals surface area contributed by atoms with E-state index in [1.165, 1.54) is 12.1 Å². The molecule has 0 heterocycles. The van der Waals surface area contributed by atoms with Gasteiger partial charge in [0, 0.05) is 12.1 Å². The van der Waals surface area contributed by atoms with E-state index in [2.05, 4.69) is 4.74 Å². The maximum atomic E-state index is 11.0. The zero-order valence-electron chi connectivity index (χ0n) is 8.07. The molecule has 0 saturated carbocycles. The van der Waals surface area contributed by atoms with E-state index < -0.39 is 23.6 Å². The number of rotatable bonds is 4.